The largest absolute Gasteiger partial charge is 0.458 e. The highest BCUT2D eigenvalue weighted by Crippen LogP contribution is 2.22. The van der Waals surface area contributed by atoms with Crippen LogP contribution in [0.3, 0.4) is 0 Å². The lowest BCUT2D eigenvalue weighted by atomic mass is 10.4. The van der Waals surface area contributed by atoms with Gasteiger partial charge in [0.25, 0.3) is 0 Å². The summed E-state index contributed by atoms with van der Waals surface area (Å²) in [5.74, 6) is 0.0944. The van der Waals surface area contributed by atoms with E-state index in [2.05, 4.69) is 15.3 Å². The van der Waals surface area contributed by atoms with Crippen LogP contribution in [0.15, 0.2) is 12.3 Å². The number of nitrogens with zero attached hydrogens (tertiary/aromatic N) is 2. The summed E-state index contributed by atoms with van der Waals surface area (Å²) in [6, 6.07) is 2.03. The predicted molar refractivity (Wildman–Crippen MR) is 59.2 cm³/mol. The van der Waals surface area contributed by atoms with Crippen molar-refractivity contribution >= 4 is 11.9 Å². The van der Waals surface area contributed by atoms with E-state index in [1.54, 1.807) is 12.3 Å². The minimum Gasteiger partial charge on any atom is -0.458 e. The van der Waals surface area contributed by atoms with E-state index in [-0.39, 0.29) is 6.10 Å². The van der Waals surface area contributed by atoms with Crippen LogP contribution in [0.5, 0.6) is 0 Å². The second-order valence-electron chi connectivity index (χ2n) is 4.14. The van der Waals surface area contributed by atoms with Gasteiger partial charge in [-0.15, -0.1) is 0 Å². The Morgan fingerprint density at radius 1 is 1.56 bits per heavy atom. The molecule has 0 atom stereocenters. The Labute approximate surface area is 94.2 Å². The lowest BCUT2D eigenvalue weighted by Crippen LogP contribution is -2.15. The van der Waals surface area contributed by atoms with Gasteiger partial charge < -0.3 is 10.1 Å². The number of hydrogen-bond acceptors (Lipinski definition) is 5. The topological polar surface area (TPSA) is 64.1 Å². The Morgan fingerprint density at radius 2 is 2.31 bits per heavy atom. The lowest BCUT2D eigenvalue weighted by molar-refractivity contribution is 0.0371. The number of anilines is 1. The standard InChI is InChI=1S/C11H15N3O2/c1-7(2)16-10(15)9-5-6-12-11(14-9)13-8-3-4-8/h5-8H,3-4H2,1-2H3,(H,12,13,14). The molecule has 1 aliphatic carbocycles. The fourth-order valence-electron chi connectivity index (χ4n) is 1.23. The van der Waals surface area contributed by atoms with Crippen LogP contribution in [0.25, 0.3) is 0 Å². The minimum atomic E-state index is -0.406. The molecule has 0 aliphatic heterocycles. The van der Waals surface area contributed by atoms with Crippen molar-refractivity contribution in [3.63, 3.8) is 0 Å². The van der Waals surface area contributed by atoms with Crippen molar-refractivity contribution in [1.29, 1.82) is 0 Å². The fourth-order valence-corrected chi connectivity index (χ4v) is 1.23. The maximum atomic E-state index is 11.6. The van der Waals surface area contributed by atoms with Crippen molar-refractivity contribution in [2.75, 3.05) is 5.32 Å². The van der Waals surface area contributed by atoms with Crippen molar-refractivity contribution in [3.8, 4) is 0 Å². The molecule has 16 heavy (non-hydrogen) atoms. The Bertz CT molecular complexity index is 389. The third-order valence-corrected chi connectivity index (χ3v) is 2.12. The van der Waals surface area contributed by atoms with Gasteiger partial charge in [-0.2, -0.15) is 0 Å². The summed E-state index contributed by atoms with van der Waals surface area (Å²) in [4.78, 5) is 19.7. The molecule has 0 spiro atoms. The van der Waals surface area contributed by atoms with E-state index in [4.69, 9.17) is 4.74 Å². The summed E-state index contributed by atoms with van der Waals surface area (Å²) in [6.45, 7) is 3.62. The Hall–Kier alpha value is -1.65. The van der Waals surface area contributed by atoms with Gasteiger partial charge in [0.05, 0.1) is 6.10 Å². The molecule has 1 aromatic heterocycles. The Balaban J connectivity index is 2.05. The molecule has 0 saturated heterocycles. The van der Waals surface area contributed by atoms with Crippen LogP contribution in [0.2, 0.25) is 0 Å². The van der Waals surface area contributed by atoms with Gasteiger partial charge in [0.2, 0.25) is 5.95 Å². The molecular weight excluding hydrogens is 206 g/mol. The first-order valence-electron chi connectivity index (χ1n) is 5.45. The zero-order chi connectivity index (χ0) is 11.5. The summed E-state index contributed by atoms with van der Waals surface area (Å²) in [6.07, 6.45) is 3.71. The molecule has 0 unspecified atom stereocenters. The third kappa shape index (κ3) is 2.92. The van der Waals surface area contributed by atoms with Crippen molar-refractivity contribution in [2.45, 2.75) is 38.8 Å². The quantitative estimate of drug-likeness (QED) is 0.782. The number of nitrogens with one attached hydrogen (secondary N) is 1. The molecule has 0 amide bonds. The van der Waals surface area contributed by atoms with Crippen LogP contribution in [0, 0.1) is 0 Å². The summed E-state index contributed by atoms with van der Waals surface area (Å²) in [5.41, 5.74) is 0.298. The van der Waals surface area contributed by atoms with Crippen molar-refractivity contribution in [2.24, 2.45) is 0 Å². The molecule has 2 rings (SSSR count). The highest BCUT2D eigenvalue weighted by Gasteiger charge is 2.22. The average molecular weight is 221 g/mol. The number of aromatic nitrogens is 2. The zero-order valence-corrected chi connectivity index (χ0v) is 9.43. The van der Waals surface area contributed by atoms with Crippen LogP contribution < -0.4 is 5.32 Å². The molecule has 1 N–H and O–H groups in total. The van der Waals surface area contributed by atoms with Crippen molar-refractivity contribution in [1.82, 2.24) is 9.97 Å². The third-order valence-electron chi connectivity index (χ3n) is 2.12. The Morgan fingerprint density at radius 3 is 2.94 bits per heavy atom. The molecular formula is C11H15N3O2. The normalized spacial score (nSPS) is 14.9. The van der Waals surface area contributed by atoms with E-state index in [1.807, 2.05) is 13.8 Å². The van der Waals surface area contributed by atoms with E-state index in [9.17, 15) is 4.79 Å². The zero-order valence-electron chi connectivity index (χ0n) is 9.43. The van der Waals surface area contributed by atoms with Gasteiger partial charge in [0.15, 0.2) is 5.69 Å². The summed E-state index contributed by atoms with van der Waals surface area (Å²) >= 11 is 0. The first kappa shape index (κ1) is 10.9. The number of carbonyl (C=O) groups is 1. The highest BCUT2D eigenvalue weighted by molar-refractivity contribution is 5.87. The first-order valence-corrected chi connectivity index (χ1v) is 5.45. The van der Waals surface area contributed by atoms with Crippen LogP contribution >= 0.6 is 0 Å². The molecule has 1 aliphatic rings. The maximum Gasteiger partial charge on any atom is 0.357 e. The van der Waals surface area contributed by atoms with E-state index >= 15 is 0 Å². The molecule has 0 aromatic carbocycles. The van der Waals surface area contributed by atoms with Crippen LogP contribution in [0.1, 0.15) is 37.2 Å². The molecule has 5 heteroatoms. The molecule has 1 saturated carbocycles. The Kier molecular flexibility index (Phi) is 3.03. The second-order valence-corrected chi connectivity index (χ2v) is 4.14. The van der Waals surface area contributed by atoms with Gasteiger partial charge >= 0.3 is 5.97 Å². The number of ether oxygens (including phenoxy) is 1. The molecule has 1 heterocycles. The van der Waals surface area contributed by atoms with Crippen molar-refractivity contribution < 1.29 is 9.53 Å². The molecule has 86 valence electrons. The first-order chi connectivity index (χ1) is 7.65. The van der Waals surface area contributed by atoms with Crippen molar-refractivity contribution in [3.05, 3.63) is 18.0 Å². The lowest BCUT2D eigenvalue weighted by Gasteiger charge is -2.08. The van der Waals surface area contributed by atoms with Gasteiger partial charge in [-0.05, 0) is 32.8 Å². The molecule has 0 bridgehead atoms. The van der Waals surface area contributed by atoms with Gasteiger partial charge in [-0.25, -0.2) is 14.8 Å². The monoisotopic (exact) mass is 221 g/mol. The summed E-state index contributed by atoms with van der Waals surface area (Å²) in [7, 11) is 0. The summed E-state index contributed by atoms with van der Waals surface area (Å²) in [5, 5.41) is 3.13. The number of carbonyl (C=O) groups excluding carboxylic acids is 1. The highest BCUT2D eigenvalue weighted by atomic mass is 16.5. The van der Waals surface area contributed by atoms with Gasteiger partial charge in [0, 0.05) is 12.2 Å². The molecule has 1 fully saturated rings. The number of hydrogen-bond donors (Lipinski definition) is 1. The van der Waals surface area contributed by atoms with Gasteiger partial charge in [-0.3, -0.25) is 0 Å². The summed E-state index contributed by atoms with van der Waals surface area (Å²) < 4.78 is 5.05. The maximum absolute atomic E-state index is 11.6. The SMILES string of the molecule is CC(C)OC(=O)c1ccnc(NC2CC2)n1. The van der Waals surface area contributed by atoms with E-state index in [0.717, 1.165) is 12.8 Å². The van der Waals surface area contributed by atoms with E-state index in [1.165, 1.54) is 0 Å². The van der Waals surface area contributed by atoms with Gasteiger partial charge in [-0.1, -0.05) is 0 Å². The fraction of sp³-hybridized carbons (Fsp3) is 0.545. The molecule has 1 aromatic rings. The number of esters is 1. The van der Waals surface area contributed by atoms with Crippen LogP contribution in [-0.4, -0.2) is 28.1 Å². The van der Waals surface area contributed by atoms with Crippen LogP contribution in [0.4, 0.5) is 5.95 Å². The second kappa shape index (κ2) is 4.47. The minimum absolute atomic E-state index is 0.137. The smallest absolute Gasteiger partial charge is 0.357 e. The average Bonchev–Trinajstić information content (AvgIpc) is 3.01. The van der Waals surface area contributed by atoms with E-state index < -0.39 is 5.97 Å². The molecule has 5 nitrogen and oxygen atoms in total. The predicted octanol–water partition coefficient (Wildman–Crippen LogP) is 1.62. The molecule has 0 radical (unpaired) electrons. The van der Waals surface area contributed by atoms with E-state index in [0.29, 0.717) is 17.7 Å². The van der Waals surface area contributed by atoms with Crippen LogP contribution in [-0.2, 0) is 4.74 Å². The van der Waals surface area contributed by atoms with Gasteiger partial charge in [0.1, 0.15) is 0 Å². The number of rotatable bonds is 4.